The largest absolute Gasteiger partial charge is 0.422 e. The van der Waals surface area contributed by atoms with E-state index in [1.54, 1.807) is 73.7 Å². The number of benzene rings is 3. The third-order valence-corrected chi connectivity index (χ3v) is 4.66. The Bertz CT molecular complexity index is 1190. The number of hydrogen-bond donors (Lipinski definition) is 2. The average molecular weight is 470 g/mol. The molecule has 0 saturated carbocycles. The van der Waals surface area contributed by atoms with Crippen molar-refractivity contribution in [1.82, 2.24) is 5.43 Å². The molecule has 0 aliphatic carbocycles. The van der Waals surface area contributed by atoms with Gasteiger partial charge in [-0.1, -0.05) is 41.4 Å². The SMILES string of the molecule is C/C(=N\NC(=O)C(=O)Nc1cccc(Cl)c1)c1ccccc1OC(=O)c1ccc(Cl)cc1. The summed E-state index contributed by atoms with van der Waals surface area (Å²) in [4.78, 5) is 36.6. The minimum Gasteiger partial charge on any atom is -0.422 e. The van der Waals surface area contributed by atoms with Crippen molar-refractivity contribution in [2.45, 2.75) is 6.92 Å². The molecule has 3 rings (SSSR count). The molecule has 0 heterocycles. The fraction of sp³-hybridized carbons (Fsp3) is 0.0435. The zero-order valence-corrected chi connectivity index (χ0v) is 18.3. The molecule has 0 aromatic heterocycles. The van der Waals surface area contributed by atoms with E-state index in [2.05, 4.69) is 15.8 Å². The van der Waals surface area contributed by atoms with Crippen molar-refractivity contribution in [3.05, 3.63) is 94.0 Å². The third-order valence-electron chi connectivity index (χ3n) is 4.17. The minimum atomic E-state index is -0.972. The van der Waals surface area contributed by atoms with E-state index >= 15 is 0 Å². The predicted octanol–water partition coefficient (Wildman–Crippen LogP) is 4.69. The Labute approximate surface area is 194 Å². The number of nitrogens with one attached hydrogen (secondary N) is 2. The Morgan fingerprint density at radius 1 is 0.844 bits per heavy atom. The third kappa shape index (κ3) is 6.16. The summed E-state index contributed by atoms with van der Waals surface area (Å²) in [6.45, 7) is 1.60. The molecule has 0 saturated heterocycles. The molecule has 0 fully saturated rings. The molecular formula is C23H17Cl2N3O4. The number of hydrazone groups is 1. The molecule has 9 heteroatoms. The van der Waals surface area contributed by atoms with Crippen molar-refractivity contribution >= 4 is 52.4 Å². The Hall–Kier alpha value is -3.68. The molecule has 2 N–H and O–H groups in total. The minimum absolute atomic E-state index is 0.242. The second-order valence-corrected chi connectivity index (χ2v) is 7.37. The Morgan fingerprint density at radius 3 is 2.28 bits per heavy atom. The van der Waals surface area contributed by atoms with Gasteiger partial charge in [-0.2, -0.15) is 5.10 Å². The van der Waals surface area contributed by atoms with Gasteiger partial charge in [0.2, 0.25) is 0 Å². The van der Waals surface area contributed by atoms with E-state index in [-0.39, 0.29) is 5.75 Å². The highest BCUT2D eigenvalue weighted by molar-refractivity contribution is 6.40. The van der Waals surface area contributed by atoms with Crippen LogP contribution >= 0.6 is 23.2 Å². The van der Waals surface area contributed by atoms with Gasteiger partial charge >= 0.3 is 17.8 Å². The highest BCUT2D eigenvalue weighted by Crippen LogP contribution is 2.21. The van der Waals surface area contributed by atoms with Crippen molar-refractivity contribution < 1.29 is 19.1 Å². The maximum Gasteiger partial charge on any atom is 0.343 e. The lowest BCUT2D eigenvalue weighted by Gasteiger charge is -2.10. The van der Waals surface area contributed by atoms with Gasteiger partial charge in [-0.25, -0.2) is 10.2 Å². The van der Waals surface area contributed by atoms with E-state index < -0.39 is 17.8 Å². The van der Waals surface area contributed by atoms with Gasteiger partial charge in [0.05, 0.1) is 11.3 Å². The second kappa shape index (κ2) is 10.6. The van der Waals surface area contributed by atoms with Gasteiger partial charge in [0, 0.05) is 21.3 Å². The average Bonchev–Trinajstić information content (AvgIpc) is 2.78. The molecule has 162 valence electrons. The topological polar surface area (TPSA) is 96.9 Å². The lowest BCUT2D eigenvalue weighted by Crippen LogP contribution is -2.33. The van der Waals surface area contributed by atoms with Crippen LogP contribution in [-0.2, 0) is 9.59 Å². The number of esters is 1. The smallest absolute Gasteiger partial charge is 0.343 e. The number of carbonyl (C=O) groups excluding carboxylic acids is 3. The van der Waals surface area contributed by atoms with Crippen LogP contribution in [0.4, 0.5) is 5.69 Å². The molecular weight excluding hydrogens is 453 g/mol. The highest BCUT2D eigenvalue weighted by Gasteiger charge is 2.16. The molecule has 0 aliphatic heterocycles. The Balaban J connectivity index is 1.68. The van der Waals surface area contributed by atoms with E-state index in [1.165, 1.54) is 6.07 Å². The first kappa shape index (κ1) is 23.0. The van der Waals surface area contributed by atoms with Gasteiger partial charge in [0.1, 0.15) is 5.75 Å². The molecule has 0 bridgehead atoms. The predicted molar refractivity (Wildman–Crippen MR) is 123 cm³/mol. The van der Waals surface area contributed by atoms with Crippen molar-refractivity contribution in [1.29, 1.82) is 0 Å². The molecule has 3 aromatic rings. The second-order valence-electron chi connectivity index (χ2n) is 6.50. The Morgan fingerprint density at radius 2 is 1.56 bits per heavy atom. The van der Waals surface area contributed by atoms with Crippen LogP contribution in [0.2, 0.25) is 10.0 Å². The number of amides is 2. The summed E-state index contributed by atoms with van der Waals surface area (Å²) in [6, 6.07) is 19.3. The van der Waals surface area contributed by atoms with Crippen molar-refractivity contribution in [3.63, 3.8) is 0 Å². The quantitative estimate of drug-likeness (QED) is 0.186. The van der Waals surface area contributed by atoms with Gasteiger partial charge in [0.15, 0.2) is 0 Å². The highest BCUT2D eigenvalue weighted by atomic mass is 35.5. The van der Waals surface area contributed by atoms with Crippen molar-refractivity contribution in [2.24, 2.45) is 5.10 Å². The van der Waals surface area contributed by atoms with E-state index in [0.29, 0.717) is 32.6 Å². The number of hydrogen-bond acceptors (Lipinski definition) is 5. The summed E-state index contributed by atoms with van der Waals surface area (Å²) in [7, 11) is 0. The zero-order valence-electron chi connectivity index (χ0n) is 16.8. The van der Waals surface area contributed by atoms with E-state index in [4.69, 9.17) is 27.9 Å². The van der Waals surface area contributed by atoms with E-state index in [1.807, 2.05) is 0 Å². The van der Waals surface area contributed by atoms with Crippen LogP contribution in [-0.4, -0.2) is 23.5 Å². The molecule has 0 spiro atoms. The number of halogens is 2. The van der Waals surface area contributed by atoms with E-state index in [9.17, 15) is 14.4 Å². The fourth-order valence-electron chi connectivity index (χ4n) is 2.60. The van der Waals surface area contributed by atoms with Crippen LogP contribution in [0.1, 0.15) is 22.8 Å². The first-order chi connectivity index (χ1) is 15.3. The fourth-order valence-corrected chi connectivity index (χ4v) is 2.92. The number of carbonyl (C=O) groups is 3. The maximum absolute atomic E-state index is 12.4. The number of anilines is 1. The van der Waals surface area contributed by atoms with Gasteiger partial charge in [-0.15, -0.1) is 0 Å². The summed E-state index contributed by atoms with van der Waals surface area (Å²) in [5.74, 6) is -2.22. The summed E-state index contributed by atoms with van der Waals surface area (Å²) < 4.78 is 5.47. The summed E-state index contributed by atoms with van der Waals surface area (Å²) in [5.41, 5.74) is 3.67. The zero-order chi connectivity index (χ0) is 23.1. The summed E-state index contributed by atoms with van der Waals surface area (Å²) >= 11 is 11.7. The van der Waals surface area contributed by atoms with Crippen molar-refractivity contribution in [2.75, 3.05) is 5.32 Å². The van der Waals surface area contributed by atoms with Gasteiger partial charge in [-0.05, 0) is 61.5 Å². The summed E-state index contributed by atoms with van der Waals surface area (Å²) in [6.07, 6.45) is 0. The van der Waals surface area contributed by atoms with Crippen LogP contribution in [0.25, 0.3) is 0 Å². The monoisotopic (exact) mass is 469 g/mol. The Kier molecular flexibility index (Phi) is 7.59. The number of nitrogens with zero attached hydrogens (tertiary/aromatic N) is 1. The summed E-state index contributed by atoms with van der Waals surface area (Å²) in [5, 5.41) is 7.29. The normalized spacial score (nSPS) is 10.9. The molecule has 3 aromatic carbocycles. The van der Waals surface area contributed by atoms with Crippen LogP contribution in [0, 0.1) is 0 Å². The van der Waals surface area contributed by atoms with Crippen LogP contribution < -0.4 is 15.5 Å². The van der Waals surface area contributed by atoms with E-state index in [0.717, 1.165) is 0 Å². The van der Waals surface area contributed by atoms with Crippen LogP contribution in [0.3, 0.4) is 0 Å². The van der Waals surface area contributed by atoms with Crippen molar-refractivity contribution in [3.8, 4) is 5.75 Å². The molecule has 0 aliphatic rings. The first-order valence-corrected chi connectivity index (χ1v) is 10.1. The van der Waals surface area contributed by atoms with Crippen LogP contribution in [0.5, 0.6) is 5.75 Å². The van der Waals surface area contributed by atoms with Crippen LogP contribution in [0.15, 0.2) is 77.9 Å². The molecule has 0 atom stereocenters. The lowest BCUT2D eigenvalue weighted by atomic mass is 10.1. The molecule has 7 nitrogen and oxygen atoms in total. The molecule has 32 heavy (non-hydrogen) atoms. The standard InChI is InChI=1S/C23H17Cl2N3O4/c1-14(27-28-22(30)21(29)26-18-6-4-5-17(25)13-18)19-7-2-3-8-20(19)32-23(31)15-9-11-16(24)12-10-15/h2-13H,1H3,(H,26,29)(H,28,30)/b27-14+. The number of para-hydroxylation sites is 1. The lowest BCUT2D eigenvalue weighted by molar-refractivity contribution is -0.136. The molecule has 0 radical (unpaired) electrons. The van der Waals surface area contributed by atoms with Gasteiger partial charge in [-0.3, -0.25) is 9.59 Å². The molecule has 2 amide bonds. The maximum atomic E-state index is 12.4. The molecule has 0 unspecified atom stereocenters. The number of ether oxygens (including phenoxy) is 1. The van der Waals surface area contributed by atoms with Gasteiger partial charge in [0.25, 0.3) is 0 Å². The number of rotatable bonds is 5. The first-order valence-electron chi connectivity index (χ1n) is 9.32. The van der Waals surface area contributed by atoms with Gasteiger partial charge < -0.3 is 10.1 Å².